The molecule has 0 atom stereocenters. The van der Waals surface area contributed by atoms with E-state index in [4.69, 9.17) is 27.9 Å². The third-order valence-electron chi connectivity index (χ3n) is 2.72. The molecule has 0 aliphatic heterocycles. The van der Waals surface area contributed by atoms with Gasteiger partial charge in [0.05, 0.1) is 6.61 Å². The van der Waals surface area contributed by atoms with E-state index in [0.29, 0.717) is 23.2 Å². The van der Waals surface area contributed by atoms with Gasteiger partial charge in [0.2, 0.25) is 0 Å². The van der Waals surface area contributed by atoms with E-state index < -0.39 is 0 Å². The first kappa shape index (κ1) is 14.2. The number of ether oxygens (including phenoxy) is 1. The molecule has 0 aliphatic rings. The number of hydrogen-bond donors (Lipinski definition) is 1. The van der Waals surface area contributed by atoms with Gasteiger partial charge in [0.1, 0.15) is 0 Å². The Morgan fingerprint density at radius 3 is 2.42 bits per heavy atom. The van der Waals surface area contributed by atoms with Crippen molar-refractivity contribution >= 4 is 28.9 Å². The van der Waals surface area contributed by atoms with Crippen LogP contribution in [0.25, 0.3) is 0 Å². The highest BCUT2D eigenvalue weighted by atomic mass is 35.5. The highest BCUT2D eigenvalue weighted by molar-refractivity contribution is 6.34. The van der Waals surface area contributed by atoms with Crippen molar-refractivity contribution in [3.63, 3.8) is 0 Å². The van der Waals surface area contributed by atoms with Gasteiger partial charge in [-0.2, -0.15) is 0 Å². The molecule has 0 heterocycles. The standard InChI is InChI=1S/C15H15Cl2NO/c1-19-10-12-4-2-3-5-15(12)18-9-11-6-13(16)8-14(17)7-11/h2-8,18H,9-10H2,1H3. The Balaban J connectivity index is 2.09. The molecule has 0 amide bonds. The van der Waals surface area contributed by atoms with Gasteiger partial charge in [-0.05, 0) is 29.8 Å². The molecule has 0 bridgehead atoms. The van der Waals surface area contributed by atoms with Gasteiger partial charge < -0.3 is 10.1 Å². The Kier molecular flexibility index (Phi) is 5.08. The van der Waals surface area contributed by atoms with E-state index in [9.17, 15) is 0 Å². The van der Waals surface area contributed by atoms with Crippen LogP contribution in [-0.2, 0) is 17.9 Å². The van der Waals surface area contributed by atoms with E-state index in [2.05, 4.69) is 5.32 Å². The number of hydrogen-bond acceptors (Lipinski definition) is 2. The maximum absolute atomic E-state index is 5.98. The molecule has 2 rings (SSSR count). The second-order valence-corrected chi connectivity index (χ2v) is 5.09. The minimum Gasteiger partial charge on any atom is -0.381 e. The molecule has 2 aromatic rings. The van der Waals surface area contributed by atoms with Crippen molar-refractivity contribution in [1.29, 1.82) is 0 Å². The molecule has 4 heteroatoms. The van der Waals surface area contributed by atoms with Gasteiger partial charge in [0, 0.05) is 35.0 Å². The van der Waals surface area contributed by atoms with Crippen molar-refractivity contribution in [3.05, 3.63) is 63.6 Å². The summed E-state index contributed by atoms with van der Waals surface area (Å²) >= 11 is 12.0. The Bertz CT molecular complexity index is 537. The number of halogens is 2. The average Bonchev–Trinajstić information content (AvgIpc) is 2.37. The Morgan fingerprint density at radius 2 is 1.74 bits per heavy atom. The first-order chi connectivity index (χ1) is 9.19. The number of rotatable bonds is 5. The van der Waals surface area contributed by atoms with Crippen LogP contribution in [0.1, 0.15) is 11.1 Å². The first-order valence-corrected chi connectivity index (χ1v) is 6.70. The molecule has 0 fully saturated rings. The molecule has 0 saturated carbocycles. The van der Waals surface area contributed by atoms with E-state index >= 15 is 0 Å². The molecular weight excluding hydrogens is 281 g/mol. The van der Waals surface area contributed by atoms with E-state index in [1.54, 1.807) is 13.2 Å². The van der Waals surface area contributed by atoms with Crippen LogP contribution in [0.3, 0.4) is 0 Å². The quantitative estimate of drug-likeness (QED) is 0.859. The van der Waals surface area contributed by atoms with Gasteiger partial charge in [-0.15, -0.1) is 0 Å². The molecule has 0 aromatic heterocycles. The largest absolute Gasteiger partial charge is 0.381 e. The monoisotopic (exact) mass is 295 g/mol. The van der Waals surface area contributed by atoms with Crippen LogP contribution in [0.5, 0.6) is 0 Å². The molecule has 0 radical (unpaired) electrons. The summed E-state index contributed by atoms with van der Waals surface area (Å²) in [4.78, 5) is 0. The third-order valence-corrected chi connectivity index (χ3v) is 3.16. The van der Waals surface area contributed by atoms with Crippen LogP contribution < -0.4 is 5.32 Å². The molecular formula is C15H15Cl2NO. The lowest BCUT2D eigenvalue weighted by molar-refractivity contribution is 0.185. The van der Waals surface area contributed by atoms with Gasteiger partial charge in [0.15, 0.2) is 0 Å². The lowest BCUT2D eigenvalue weighted by atomic mass is 10.1. The van der Waals surface area contributed by atoms with E-state index in [-0.39, 0.29) is 0 Å². The normalized spacial score (nSPS) is 10.5. The molecule has 0 saturated heterocycles. The van der Waals surface area contributed by atoms with Crippen molar-refractivity contribution in [2.75, 3.05) is 12.4 Å². The maximum atomic E-state index is 5.98. The van der Waals surface area contributed by atoms with Crippen LogP contribution in [0.15, 0.2) is 42.5 Å². The minimum atomic E-state index is 0.583. The molecule has 100 valence electrons. The highest BCUT2D eigenvalue weighted by Crippen LogP contribution is 2.21. The fourth-order valence-electron chi connectivity index (χ4n) is 1.88. The summed E-state index contributed by atoms with van der Waals surface area (Å²) in [6.45, 7) is 1.25. The summed E-state index contributed by atoms with van der Waals surface area (Å²) < 4.78 is 5.18. The number of para-hydroxylation sites is 1. The van der Waals surface area contributed by atoms with E-state index in [0.717, 1.165) is 16.8 Å². The van der Waals surface area contributed by atoms with Gasteiger partial charge >= 0.3 is 0 Å². The van der Waals surface area contributed by atoms with Crippen LogP contribution in [0.2, 0.25) is 10.0 Å². The van der Waals surface area contributed by atoms with Crippen molar-refractivity contribution in [3.8, 4) is 0 Å². The van der Waals surface area contributed by atoms with E-state index in [1.165, 1.54) is 0 Å². The van der Waals surface area contributed by atoms with Crippen LogP contribution in [0.4, 0.5) is 5.69 Å². The van der Waals surface area contributed by atoms with Crippen LogP contribution in [0, 0.1) is 0 Å². The van der Waals surface area contributed by atoms with Crippen molar-refractivity contribution in [1.82, 2.24) is 0 Å². The van der Waals surface area contributed by atoms with Crippen molar-refractivity contribution in [2.24, 2.45) is 0 Å². The summed E-state index contributed by atoms with van der Waals surface area (Å²) in [5.41, 5.74) is 3.23. The van der Waals surface area contributed by atoms with Gasteiger partial charge in [0.25, 0.3) is 0 Å². The van der Waals surface area contributed by atoms with Gasteiger partial charge in [-0.1, -0.05) is 41.4 Å². The zero-order valence-electron chi connectivity index (χ0n) is 10.6. The smallest absolute Gasteiger partial charge is 0.0733 e. The average molecular weight is 296 g/mol. The number of nitrogens with one attached hydrogen (secondary N) is 1. The van der Waals surface area contributed by atoms with Crippen LogP contribution >= 0.6 is 23.2 Å². The van der Waals surface area contributed by atoms with Gasteiger partial charge in [-0.25, -0.2) is 0 Å². The second-order valence-electron chi connectivity index (χ2n) is 4.22. The molecule has 1 N–H and O–H groups in total. The number of anilines is 1. The predicted octanol–water partition coefficient (Wildman–Crippen LogP) is 4.75. The minimum absolute atomic E-state index is 0.583. The Morgan fingerprint density at radius 1 is 1.05 bits per heavy atom. The highest BCUT2D eigenvalue weighted by Gasteiger charge is 2.02. The molecule has 2 aromatic carbocycles. The molecule has 0 spiro atoms. The molecule has 19 heavy (non-hydrogen) atoms. The summed E-state index contributed by atoms with van der Waals surface area (Å²) in [5.74, 6) is 0. The zero-order valence-corrected chi connectivity index (χ0v) is 12.1. The topological polar surface area (TPSA) is 21.3 Å². The lowest BCUT2D eigenvalue weighted by Crippen LogP contribution is -2.03. The summed E-state index contributed by atoms with van der Waals surface area (Å²) in [6, 6.07) is 13.6. The lowest BCUT2D eigenvalue weighted by Gasteiger charge is -2.12. The summed E-state index contributed by atoms with van der Waals surface area (Å²) in [5, 5.41) is 4.67. The molecule has 2 nitrogen and oxygen atoms in total. The Labute approximate surface area is 123 Å². The number of benzene rings is 2. The van der Waals surface area contributed by atoms with Crippen molar-refractivity contribution < 1.29 is 4.74 Å². The van der Waals surface area contributed by atoms with E-state index in [1.807, 2.05) is 36.4 Å². The zero-order chi connectivity index (χ0) is 13.7. The second kappa shape index (κ2) is 6.80. The predicted molar refractivity (Wildman–Crippen MR) is 80.9 cm³/mol. The van der Waals surface area contributed by atoms with Gasteiger partial charge in [-0.3, -0.25) is 0 Å². The Hall–Kier alpha value is -1.22. The number of methoxy groups -OCH3 is 1. The summed E-state index contributed by atoms with van der Waals surface area (Å²) in [6.07, 6.45) is 0. The fraction of sp³-hybridized carbons (Fsp3) is 0.200. The third kappa shape index (κ3) is 4.13. The summed E-state index contributed by atoms with van der Waals surface area (Å²) in [7, 11) is 1.69. The van der Waals surface area contributed by atoms with Crippen molar-refractivity contribution in [2.45, 2.75) is 13.2 Å². The van der Waals surface area contributed by atoms with Crippen LogP contribution in [-0.4, -0.2) is 7.11 Å². The fourth-order valence-corrected chi connectivity index (χ4v) is 2.46. The first-order valence-electron chi connectivity index (χ1n) is 5.94. The molecule has 0 aliphatic carbocycles. The SMILES string of the molecule is COCc1ccccc1NCc1cc(Cl)cc(Cl)c1. The molecule has 0 unspecified atom stereocenters. The maximum Gasteiger partial charge on any atom is 0.0733 e.